The molecule has 1 aromatic heterocycles. The second kappa shape index (κ2) is 6.17. The molecule has 1 rings (SSSR count). The molecule has 0 saturated carbocycles. The van der Waals surface area contributed by atoms with Gasteiger partial charge in [-0.3, -0.25) is 0 Å². The number of imidazole rings is 1. The molecule has 0 spiro atoms. The van der Waals surface area contributed by atoms with Crippen LogP contribution in [0.25, 0.3) is 0 Å². The lowest BCUT2D eigenvalue weighted by atomic mass is 10.4. The first-order valence-electron chi connectivity index (χ1n) is 4.90. The first-order chi connectivity index (χ1) is 7.29. The normalized spacial score (nSPS) is 10.2. The minimum Gasteiger partial charge on any atom is -0.385 e. The van der Waals surface area contributed by atoms with E-state index in [9.17, 15) is 0 Å². The van der Waals surface area contributed by atoms with Crippen molar-refractivity contribution in [3.05, 3.63) is 17.7 Å². The summed E-state index contributed by atoms with van der Waals surface area (Å²) in [6, 6.07) is 2.03. The summed E-state index contributed by atoms with van der Waals surface area (Å²) in [4.78, 5) is 3.99. The number of nitrogens with one attached hydrogen (secondary N) is 1. The largest absolute Gasteiger partial charge is 0.385 e. The highest BCUT2D eigenvalue weighted by molar-refractivity contribution is 5.16. The minimum atomic E-state index is 0.448. The monoisotopic (exact) mass is 208 g/mol. The van der Waals surface area contributed by atoms with Crippen LogP contribution in [-0.2, 0) is 18.3 Å². The summed E-state index contributed by atoms with van der Waals surface area (Å²) in [5, 5.41) is 12.0. The van der Waals surface area contributed by atoms with Crippen molar-refractivity contribution in [2.45, 2.75) is 13.0 Å². The topological polar surface area (TPSA) is 62.9 Å². The number of nitrogens with zero attached hydrogens (tertiary/aromatic N) is 3. The molecule has 0 radical (unpaired) electrons. The Balaban J connectivity index is 2.32. The van der Waals surface area contributed by atoms with Crippen molar-refractivity contribution in [3.63, 3.8) is 0 Å². The molecule has 5 heteroatoms. The van der Waals surface area contributed by atoms with E-state index < -0.39 is 0 Å². The Bertz CT molecular complexity index is 340. The quantitative estimate of drug-likeness (QED) is 0.688. The summed E-state index contributed by atoms with van der Waals surface area (Å²) >= 11 is 0. The van der Waals surface area contributed by atoms with Gasteiger partial charge in [-0.25, -0.2) is 4.98 Å². The molecule has 0 fully saturated rings. The lowest BCUT2D eigenvalue weighted by Gasteiger charge is -2.04. The smallest absolute Gasteiger partial charge is 0.212 e. The van der Waals surface area contributed by atoms with Crippen LogP contribution in [-0.4, -0.2) is 29.8 Å². The van der Waals surface area contributed by atoms with Gasteiger partial charge in [-0.15, -0.1) is 0 Å². The highest BCUT2D eigenvalue weighted by atomic mass is 16.5. The summed E-state index contributed by atoms with van der Waals surface area (Å²) in [7, 11) is 3.54. The highest BCUT2D eigenvalue weighted by Crippen LogP contribution is 2.00. The van der Waals surface area contributed by atoms with E-state index in [2.05, 4.69) is 10.3 Å². The van der Waals surface area contributed by atoms with Gasteiger partial charge >= 0.3 is 0 Å². The van der Waals surface area contributed by atoms with Crippen molar-refractivity contribution in [2.24, 2.45) is 7.05 Å². The van der Waals surface area contributed by atoms with Crippen LogP contribution in [0.15, 0.2) is 6.20 Å². The Morgan fingerprint density at radius 3 is 3.07 bits per heavy atom. The predicted molar refractivity (Wildman–Crippen MR) is 56.1 cm³/mol. The third kappa shape index (κ3) is 3.35. The second-order valence-corrected chi connectivity index (χ2v) is 3.27. The number of nitriles is 1. The van der Waals surface area contributed by atoms with E-state index in [1.807, 2.05) is 13.1 Å². The van der Waals surface area contributed by atoms with Crippen LogP contribution in [0.2, 0.25) is 0 Å². The number of hydrogen-bond donors (Lipinski definition) is 1. The van der Waals surface area contributed by atoms with Crippen LogP contribution < -0.4 is 5.32 Å². The number of aromatic nitrogens is 2. The zero-order valence-electron chi connectivity index (χ0n) is 9.16. The van der Waals surface area contributed by atoms with Crippen LogP contribution in [0.3, 0.4) is 0 Å². The highest BCUT2D eigenvalue weighted by Gasteiger charge is 2.03. The molecule has 0 aliphatic heterocycles. The van der Waals surface area contributed by atoms with Gasteiger partial charge in [0, 0.05) is 27.3 Å². The molecule has 0 bridgehead atoms. The molecular formula is C10H16N4O. The average Bonchev–Trinajstić information content (AvgIpc) is 2.60. The molecule has 1 N–H and O–H groups in total. The lowest BCUT2D eigenvalue weighted by molar-refractivity contribution is 0.194. The van der Waals surface area contributed by atoms with Crippen molar-refractivity contribution in [1.82, 2.24) is 14.9 Å². The maximum Gasteiger partial charge on any atom is 0.212 e. The molecule has 15 heavy (non-hydrogen) atoms. The summed E-state index contributed by atoms with van der Waals surface area (Å²) < 4.78 is 6.73. The molecular weight excluding hydrogens is 192 g/mol. The minimum absolute atomic E-state index is 0.448. The van der Waals surface area contributed by atoms with E-state index in [0.29, 0.717) is 5.82 Å². The second-order valence-electron chi connectivity index (χ2n) is 3.27. The van der Waals surface area contributed by atoms with Gasteiger partial charge in [-0.2, -0.15) is 5.26 Å². The van der Waals surface area contributed by atoms with Crippen molar-refractivity contribution in [1.29, 1.82) is 5.26 Å². The van der Waals surface area contributed by atoms with E-state index >= 15 is 0 Å². The first kappa shape index (κ1) is 11.7. The number of ether oxygens (including phenoxy) is 1. The molecule has 5 nitrogen and oxygen atoms in total. The fourth-order valence-corrected chi connectivity index (χ4v) is 1.27. The molecule has 0 aromatic carbocycles. The van der Waals surface area contributed by atoms with E-state index in [1.54, 1.807) is 17.9 Å². The van der Waals surface area contributed by atoms with Gasteiger partial charge in [0.25, 0.3) is 0 Å². The molecule has 0 aliphatic carbocycles. The van der Waals surface area contributed by atoms with Gasteiger partial charge in [-0.1, -0.05) is 0 Å². The van der Waals surface area contributed by atoms with Gasteiger partial charge in [0.05, 0.1) is 11.9 Å². The van der Waals surface area contributed by atoms with Gasteiger partial charge < -0.3 is 14.6 Å². The maximum absolute atomic E-state index is 8.70. The van der Waals surface area contributed by atoms with E-state index in [1.165, 1.54) is 0 Å². The lowest BCUT2D eigenvalue weighted by Crippen LogP contribution is -2.18. The van der Waals surface area contributed by atoms with Crippen molar-refractivity contribution >= 4 is 0 Å². The van der Waals surface area contributed by atoms with Crippen LogP contribution in [0.1, 0.15) is 17.9 Å². The van der Waals surface area contributed by atoms with Gasteiger partial charge in [-0.05, 0) is 13.0 Å². The van der Waals surface area contributed by atoms with Gasteiger partial charge in [0.1, 0.15) is 6.07 Å². The van der Waals surface area contributed by atoms with Crippen LogP contribution in [0.5, 0.6) is 0 Å². The van der Waals surface area contributed by atoms with Crippen molar-refractivity contribution in [2.75, 3.05) is 20.3 Å². The number of hydrogen-bond acceptors (Lipinski definition) is 4. The zero-order valence-corrected chi connectivity index (χ0v) is 9.16. The maximum atomic E-state index is 8.70. The summed E-state index contributed by atoms with van der Waals surface area (Å²) in [6.45, 7) is 2.40. The summed E-state index contributed by atoms with van der Waals surface area (Å²) in [5.74, 6) is 0.448. The van der Waals surface area contributed by atoms with E-state index in [4.69, 9.17) is 10.00 Å². The SMILES string of the molecule is COCCCNCc1cnc(C#N)n1C. The molecule has 0 saturated heterocycles. The molecule has 0 amide bonds. The third-order valence-corrected chi connectivity index (χ3v) is 2.19. The Morgan fingerprint density at radius 1 is 1.67 bits per heavy atom. The standard InChI is InChI=1S/C10H16N4O/c1-14-9(8-13-10(14)6-11)7-12-4-3-5-15-2/h8,12H,3-5,7H2,1-2H3. The molecule has 0 unspecified atom stereocenters. The summed E-state index contributed by atoms with van der Waals surface area (Å²) in [5.41, 5.74) is 1.02. The summed E-state index contributed by atoms with van der Waals surface area (Å²) in [6.07, 6.45) is 2.71. The number of methoxy groups -OCH3 is 1. The van der Waals surface area contributed by atoms with E-state index in [-0.39, 0.29) is 0 Å². The van der Waals surface area contributed by atoms with Crippen LogP contribution in [0.4, 0.5) is 0 Å². The first-order valence-corrected chi connectivity index (χ1v) is 4.90. The Kier molecular flexibility index (Phi) is 4.81. The Morgan fingerprint density at radius 2 is 2.47 bits per heavy atom. The van der Waals surface area contributed by atoms with Gasteiger partial charge in [0.15, 0.2) is 0 Å². The Hall–Kier alpha value is -1.38. The third-order valence-electron chi connectivity index (χ3n) is 2.19. The van der Waals surface area contributed by atoms with Crippen molar-refractivity contribution < 1.29 is 4.74 Å². The molecule has 1 aromatic rings. The molecule has 0 aliphatic rings. The van der Waals surface area contributed by atoms with Gasteiger partial charge in [0.2, 0.25) is 5.82 Å². The van der Waals surface area contributed by atoms with Crippen molar-refractivity contribution in [3.8, 4) is 6.07 Å². The fraction of sp³-hybridized carbons (Fsp3) is 0.600. The molecule has 0 atom stereocenters. The van der Waals surface area contributed by atoms with Crippen LogP contribution in [0, 0.1) is 11.3 Å². The van der Waals surface area contributed by atoms with E-state index in [0.717, 1.165) is 31.8 Å². The van der Waals surface area contributed by atoms with Crippen LogP contribution >= 0.6 is 0 Å². The predicted octanol–water partition coefficient (Wildman–Crippen LogP) is 0.418. The zero-order chi connectivity index (χ0) is 11.1. The molecule has 1 heterocycles. The number of rotatable bonds is 6. The molecule has 82 valence electrons. The Labute approximate surface area is 89.7 Å². The fourth-order valence-electron chi connectivity index (χ4n) is 1.27. The average molecular weight is 208 g/mol.